The summed E-state index contributed by atoms with van der Waals surface area (Å²) in [5, 5.41) is 10.7. The standard InChI is InChI=1S/C65H44N4O/c1-39-32-40(2)65(41(3)33-39)62-34-42-14-4-9-19-55(42)66(62)45-26-30-63-53(37-45)54-38-46(27-31-64(54)70-63)69-60-28-24-43(67-56-20-10-5-15-47(56)48-16-6-11-21-57(48)67)35-51(60)52-36-44(25-29-61(52)69)68-58-22-12-7-17-49(58)50-18-8-13-23-59(50)68/h4-38H,1-3H3. The van der Waals surface area contributed by atoms with E-state index in [-0.39, 0.29) is 0 Å². The molecule has 15 rings (SSSR count). The highest BCUT2D eigenvalue weighted by atomic mass is 16.3. The molecule has 0 amide bonds. The molecule has 0 saturated heterocycles. The van der Waals surface area contributed by atoms with Crippen LogP contribution >= 0.6 is 0 Å². The van der Waals surface area contributed by atoms with E-state index in [0.717, 1.165) is 55.7 Å². The summed E-state index contributed by atoms with van der Waals surface area (Å²) in [6, 6.07) is 78.1. The summed E-state index contributed by atoms with van der Waals surface area (Å²) in [6.07, 6.45) is 0. The van der Waals surface area contributed by atoms with Gasteiger partial charge in [-0.1, -0.05) is 109 Å². The topological polar surface area (TPSA) is 32.9 Å². The number of aromatic nitrogens is 4. The molecule has 5 heteroatoms. The van der Waals surface area contributed by atoms with Crippen molar-refractivity contribution in [2.45, 2.75) is 20.8 Å². The Labute approximate surface area is 402 Å². The van der Waals surface area contributed by atoms with Crippen molar-refractivity contribution in [1.82, 2.24) is 18.3 Å². The molecule has 0 aliphatic heterocycles. The highest BCUT2D eigenvalue weighted by molar-refractivity contribution is 6.15. The first kappa shape index (κ1) is 39.0. The van der Waals surface area contributed by atoms with E-state index in [2.05, 4.69) is 251 Å². The number of hydrogen-bond acceptors (Lipinski definition) is 1. The highest BCUT2D eigenvalue weighted by Gasteiger charge is 2.22. The summed E-state index contributed by atoms with van der Waals surface area (Å²) >= 11 is 0. The minimum Gasteiger partial charge on any atom is -0.456 e. The highest BCUT2D eigenvalue weighted by Crippen LogP contribution is 2.42. The maximum atomic E-state index is 6.66. The summed E-state index contributed by atoms with van der Waals surface area (Å²) in [5.41, 5.74) is 20.7. The average molecular weight is 897 g/mol. The number of aryl methyl sites for hydroxylation is 3. The van der Waals surface area contributed by atoms with E-state index in [1.54, 1.807) is 0 Å². The third-order valence-electron chi connectivity index (χ3n) is 15.0. The number of rotatable bonds is 5. The van der Waals surface area contributed by atoms with Crippen LogP contribution < -0.4 is 0 Å². The van der Waals surface area contributed by atoms with Crippen molar-refractivity contribution < 1.29 is 4.42 Å². The summed E-state index contributed by atoms with van der Waals surface area (Å²) in [4.78, 5) is 0. The van der Waals surface area contributed by atoms with Gasteiger partial charge in [-0.3, -0.25) is 0 Å². The number of hydrogen-bond donors (Lipinski definition) is 0. The number of nitrogens with zero attached hydrogens (tertiary/aromatic N) is 4. The lowest BCUT2D eigenvalue weighted by Gasteiger charge is -2.16. The van der Waals surface area contributed by atoms with E-state index < -0.39 is 0 Å². The molecule has 5 heterocycles. The molecule has 5 aromatic heterocycles. The van der Waals surface area contributed by atoms with Crippen LogP contribution in [0.2, 0.25) is 0 Å². The fourth-order valence-corrected chi connectivity index (χ4v) is 12.2. The molecule has 0 atom stereocenters. The Kier molecular flexibility index (Phi) is 8.06. The van der Waals surface area contributed by atoms with Gasteiger partial charge in [0, 0.05) is 76.8 Å². The molecule has 0 bridgehead atoms. The van der Waals surface area contributed by atoms with Gasteiger partial charge < -0.3 is 22.7 Å². The molecule has 0 radical (unpaired) electrons. The number of furan rings is 1. The zero-order valence-corrected chi connectivity index (χ0v) is 38.9. The lowest BCUT2D eigenvalue weighted by molar-refractivity contribution is 0.669. The normalized spacial score (nSPS) is 12.2. The predicted molar refractivity (Wildman–Crippen MR) is 293 cm³/mol. The van der Waals surface area contributed by atoms with Gasteiger partial charge in [0.2, 0.25) is 0 Å². The van der Waals surface area contributed by atoms with Crippen LogP contribution in [0.1, 0.15) is 16.7 Å². The summed E-state index contributed by atoms with van der Waals surface area (Å²) < 4.78 is 16.4. The van der Waals surface area contributed by atoms with Crippen molar-refractivity contribution in [2.75, 3.05) is 0 Å². The molecule has 0 fully saturated rings. The third kappa shape index (κ3) is 5.48. The van der Waals surface area contributed by atoms with Gasteiger partial charge in [-0.15, -0.1) is 0 Å². The minimum atomic E-state index is 0.863. The van der Waals surface area contributed by atoms with Crippen LogP contribution in [-0.2, 0) is 0 Å². The number of fused-ring (bicyclic) bond motifs is 13. The monoisotopic (exact) mass is 896 g/mol. The second-order valence-electron chi connectivity index (χ2n) is 19.1. The lowest BCUT2D eigenvalue weighted by atomic mass is 9.97. The molecule has 5 nitrogen and oxygen atoms in total. The fourth-order valence-electron chi connectivity index (χ4n) is 12.2. The Bertz CT molecular complexity index is 4400. The van der Waals surface area contributed by atoms with E-state index in [9.17, 15) is 0 Å². The molecule has 0 spiro atoms. The molecule has 0 unspecified atom stereocenters. The Balaban J connectivity index is 0.970. The zero-order valence-electron chi connectivity index (χ0n) is 38.9. The summed E-state index contributed by atoms with van der Waals surface area (Å²) in [6.45, 7) is 6.65. The molecular formula is C65H44N4O. The summed E-state index contributed by atoms with van der Waals surface area (Å²) in [7, 11) is 0. The second kappa shape index (κ2) is 14.5. The van der Waals surface area contributed by atoms with Crippen LogP contribution in [0.25, 0.3) is 132 Å². The minimum absolute atomic E-state index is 0.863. The average Bonchev–Trinajstić information content (AvgIpc) is 4.19. The molecule has 70 heavy (non-hydrogen) atoms. The maximum Gasteiger partial charge on any atom is 0.135 e. The van der Waals surface area contributed by atoms with Crippen molar-refractivity contribution in [2.24, 2.45) is 0 Å². The van der Waals surface area contributed by atoms with Crippen molar-refractivity contribution in [3.63, 3.8) is 0 Å². The van der Waals surface area contributed by atoms with Gasteiger partial charge in [0.15, 0.2) is 0 Å². The first-order chi connectivity index (χ1) is 34.4. The summed E-state index contributed by atoms with van der Waals surface area (Å²) in [5.74, 6) is 0. The van der Waals surface area contributed by atoms with Crippen LogP contribution in [0.3, 0.4) is 0 Å². The molecule has 10 aromatic carbocycles. The Hall–Kier alpha value is -9.06. The molecule has 0 saturated carbocycles. The molecule has 0 aliphatic rings. The smallest absolute Gasteiger partial charge is 0.135 e. The quantitative estimate of drug-likeness (QED) is 0.169. The largest absolute Gasteiger partial charge is 0.456 e. The van der Waals surface area contributed by atoms with E-state index in [0.29, 0.717) is 0 Å². The second-order valence-corrected chi connectivity index (χ2v) is 19.1. The van der Waals surface area contributed by atoms with Crippen LogP contribution in [-0.4, -0.2) is 18.3 Å². The van der Waals surface area contributed by atoms with E-state index >= 15 is 0 Å². The zero-order chi connectivity index (χ0) is 46.4. The van der Waals surface area contributed by atoms with Gasteiger partial charge >= 0.3 is 0 Å². The predicted octanol–water partition coefficient (Wildman–Crippen LogP) is 17.4. The molecule has 0 aliphatic carbocycles. The molecule has 330 valence electrons. The molecule has 15 aromatic rings. The van der Waals surface area contributed by atoms with Crippen molar-refractivity contribution >= 4 is 98.3 Å². The van der Waals surface area contributed by atoms with Crippen molar-refractivity contribution in [3.8, 4) is 34.0 Å². The van der Waals surface area contributed by atoms with Crippen molar-refractivity contribution in [1.29, 1.82) is 0 Å². The first-order valence-corrected chi connectivity index (χ1v) is 24.2. The van der Waals surface area contributed by atoms with E-state index in [4.69, 9.17) is 4.42 Å². The Morgan fingerprint density at radius 1 is 0.286 bits per heavy atom. The first-order valence-electron chi connectivity index (χ1n) is 24.2. The van der Waals surface area contributed by atoms with E-state index in [1.165, 1.54) is 93.2 Å². The van der Waals surface area contributed by atoms with Crippen LogP contribution in [0.4, 0.5) is 0 Å². The van der Waals surface area contributed by atoms with Crippen molar-refractivity contribution in [3.05, 3.63) is 229 Å². The maximum absolute atomic E-state index is 6.66. The fraction of sp³-hybridized carbons (Fsp3) is 0.0462. The van der Waals surface area contributed by atoms with Gasteiger partial charge in [0.25, 0.3) is 0 Å². The van der Waals surface area contributed by atoms with Crippen LogP contribution in [0.15, 0.2) is 217 Å². The van der Waals surface area contributed by atoms with Gasteiger partial charge in [-0.25, -0.2) is 0 Å². The van der Waals surface area contributed by atoms with Gasteiger partial charge in [0.1, 0.15) is 11.2 Å². The van der Waals surface area contributed by atoms with Gasteiger partial charge in [-0.2, -0.15) is 0 Å². The van der Waals surface area contributed by atoms with Gasteiger partial charge in [-0.05, 0) is 141 Å². The Morgan fingerprint density at radius 3 is 1.10 bits per heavy atom. The SMILES string of the molecule is Cc1cc(C)c(-c2cc3ccccc3n2-c2ccc3oc4ccc(-n5c6ccc(-n7c8ccccc8c8ccccc87)cc6c6cc(-n7c8ccccc8c8ccccc87)ccc65)cc4c3c2)c(C)c1. The molecular weight excluding hydrogens is 853 g/mol. The lowest BCUT2D eigenvalue weighted by Crippen LogP contribution is -2.00. The van der Waals surface area contributed by atoms with Gasteiger partial charge in [0.05, 0.1) is 44.3 Å². The molecule has 0 N–H and O–H groups in total. The number of para-hydroxylation sites is 5. The third-order valence-corrected chi connectivity index (χ3v) is 15.0. The number of benzene rings is 10. The van der Waals surface area contributed by atoms with Crippen LogP contribution in [0, 0.1) is 20.8 Å². The van der Waals surface area contributed by atoms with Crippen LogP contribution in [0.5, 0.6) is 0 Å². The Morgan fingerprint density at radius 2 is 0.643 bits per heavy atom. The van der Waals surface area contributed by atoms with E-state index in [1.807, 2.05) is 0 Å².